The minimum absolute atomic E-state index is 0.101. The second-order valence-electron chi connectivity index (χ2n) is 9.99. The van der Waals surface area contributed by atoms with Crippen molar-refractivity contribution >= 4 is 17.9 Å². The van der Waals surface area contributed by atoms with Crippen LogP contribution in [0.3, 0.4) is 0 Å². The predicted octanol–water partition coefficient (Wildman–Crippen LogP) is 3.09. The summed E-state index contributed by atoms with van der Waals surface area (Å²) < 4.78 is 5.56. The van der Waals surface area contributed by atoms with Crippen molar-refractivity contribution in [1.82, 2.24) is 19.7 Å². The Hall–Kier alpha value is -3.13. The van der Waals surface area contributed by atoms with Gasteiger partial charge in [-0.2, -0.15) is 0 Å². The van der Waals surface area contributed by atoms with E-state index in [4.69, 9.17) is 4.74 Å². The molecule has 0 unspecified atom stereocenters. The number of H-pyrrole nitrogens is 1. The van der Waals surface area contributed by atoms with Crippen LogP contribution in [0.4, 0.5) is 4.79 Å². The zero-order valence-corrected chi connectivity index (χ0v) is 20.1. The normalized spacial score (nSPS) is 18.9. The maximum absolute atomic E-state index is 12.6. The number of aromatic nitrogens is 1. The Morgan fingerprint density at radius 3 is 2.24 bits per heavy atom. The van der Waals surface area contributed by atoms with Crippen LogP contribution in [0.2, 0.25) is 0 Å². The molecule has 3 amide bonds. The van der Waals surface area contributed by atoms with E-state index in [9.17, 15) is 14.4 Å². The van der Waals surface area contributed by atoms with Crippen LogP contribution >= 0.6 is 0 Å². The molecular weight excluding hydrogens is 432 g/mol. The number of nitrogens with zero attached hydrogens (tertiary/aromatic N) is 3. The van der Waals surface area contributed by atoms with E-state index >= 15 is 0 Å². The van der Waals surface area contributed by atoms with Gasteiger partial charge in [-0.1, -0.05) is 26.0 Å². The van der Waals surface area contributed by atoms with Gasteiger partial charge >= 0.3 is 6.09 Å². The van der Waals surface area contributed by atoms with Gasteiger partial charge in [-0.15, -0.1) is 0 Å². The van der Waals surface area contributed by atoms with Gasteiger partial charge in [0.15, 0.2) is 0 Å². The van der Waals surface area contributed by atoms with Gasteiger partial charge in [0.25, 0.3) is 0 Å². The standard InChI is InChI=1S/C26H34N4O4/c1-26(2)18-23(31)30(24(32)19-26)13-9-20-5-7-22(8-6-20)34-25(33)29-16-14-28(15-17-29)12-10-21-4-3-11-27-21/h3-8,11,27H,9-10,12-19H2,1-2H3. The molecule has 8 heteroatoms. The number of piperazine rings is 1. The molecule has 2 saturated heterocycles. The lowest BCUT2D eigenvalue weighted by Gasteiger charge is -2.34. The molecule has 0 radical (unpaired) electrons. The van der Waals surface area contributed by atoms with Crippen LogP contribution in [0.5, 0.6) is 5.75 Å². The van der Waals surface area contributed by atoms with Crippen LogP contribution in [-0.4, -0.2) is 76.9 Å². The molecule has 1 aromatic heterocycles. The van der Waals surface area contributed by atoms with Gasteiger partial charge in [0, 0.05) is 70.4 Å². The molecule has 0 bridgehead atoms. The maximum atomic E-state index is 12.6. The monoisotopic (exact) mass is 466 g/mol. The lowest BCUT2D eigenvalue weighted by atomic mass is 9.81. The number of carbonyl (C=O) groups excluding carboxylic acids is 3. The quantitative estimate of drug-likeness (QED) is 0.634. The van der Waals surface area contributed by atoms with Gasteiger partial charge in [-0.3, -0.25) is 19.4 Å². The molecule has 2 fully saturated rings. The Morgan fingerprint density at radius 1 is 0.941 bits per heavy atom. The topological polar surface area (TPSA) is 85.9 Å². The molecule has 2 aliphatic heterocycles. The van der Waals surface area contributed by atoms with E-state index in [1.54, 1.807) is 17.0 Å². The average molecular weight is 467 g/mol. The average Bonchev–Trinajstić information content (AvgIpc) is 3.31. The number of hydrogen-bond acceptors (Lipinski definition) is 5. The molecule has 2 aliphatic rings. The first kappa shape index (κ1) is 24.0. The molecule has 1 aromatic carbocycles. The lowest BCUT2D eigenvalue weighted by Crippen LogP contribution is -2.49. The smallest absolute Gasteiger partial charge is 0.410 e. The number of likely N-dealkylation sites (tertiary alicyclic amines) is 1. The summed E-state index contributed by atoms with van der Waals surface area (Å²) in [6.07, 6.45) is 3.96. The number of benzene rings is 1. The first-order chi connectivity index (χ1) is 16.3. The number of ether oxygens (including phenoxy) is 1. The molecule has 8 nitrogen and oxygen atoms in total. The highest BCUT2D eigenvalue weighted by molar-refractivity contribution is 5.98. The molecule has 2 aromatic rings. The third-order valence-electron chi connectivity index (χ3n) is 6.60. The van der Waals surface area contributed by atoms with E-state index in [0.717, 1.165) is 31.6 Å². The van der Waals surface area contributed by atoms with Crippen molar-refractivity contribution in [3.05, 3.63) is 53.9 Å². The molecule has 4 rings (SSSR count). The Balaban J connectivity index is 1.20. The second-order valence-corrected chi connectivity index (χ2v) is 9.99. The van der Waals surface area contributed by atoms with Crippen molar-refractivity contribution in [1.29, 1.82) is 0 Å². The summed E-state index contributed by atoms with van der Waals surface area (Å²) in [5.41, 5.74) is 1.95. The molecule has 0 atom stereocenters. The molecule has 34 heavy (non-hydrogen) atoms. The third-order valence-corrected chi connectivity index (χ3v) is 6.60. The van der Waals surface area contributed by atoms with Gasteiger partial charge in [-0.05, 0) is 41.7 Å². The molecule has 3 heterocycles. The molecule has 0 saturated carbocycles. The number of nitrogens with one attached hydrogen (secondary N) is 1. The SMILES string of the molecule is CC1(C)CC(=O)N(CCc2ccc(OC(=O)N3CCN(CCc4ccc[nH]4)CC3)cc2)C(=O)C1. The summed E-state index contributed by atoms with van der Waals surface area (Å²) in [4.78, 5) is 45.9. The van der Waals surface area contributed by atoms with Gasteiger partial charge in [0.1, 0.15) is 5.75 Å². The largest absolute Gasteiger partial charge is 0.415 e. The van der Waals surface area contributed by atoms with Crippen LogP contribution in [0.25, 0.3) is 0 Å². The van der Waals surface area contributed by atoms with Gasteiger partial charge < -0.3 is 14.6 Å². The van der Waals surface area contributed by atoms with Crippen LogP contribution in [0, 0.1) is 5.41 Å². The van der Waals surface area contributed by atoms with E-state index in [0.29, 0.717) is 44.6 Å². The van der Waals surface area contributed by atoms with Gasteiger partial charge in [-0.25, -0.2) is 4.79 Å². The van der Waals surface area contributed by atoms with Crippen LogP contribution in [0.15, 0.2) is 42.6 Å². The van der Waals surface area contributed by atoms with Crippen molar-refractivity contribution in [2.75, 3.05) is 39.3 Å². The number of amides is 3. The number of carbonyl (C=O) groups is 3. The minimum Gasteiger partial charge on any atom is -0.410 e. The highest BCUT2D eigenvalue weighted by atomic mass is 16.6. The lowest BCUT2D eigenvalue weighted by molar-refractivity contribution is -0.152. The number of hydrogen-bond donors (Lipinski definition) is 1. The molecule has 1 N–H and O–H groups in total. The molecule has 0 spiro atoms. The van der Waals surface area contributed by atoms with E-state index in [1.807, 2.05) is 38.2 Å². The minimum atomic E-state index is -0.330. The van der Waals surface area contributed by atoms with Crippen molar-refractivity contribution in [3.63, 3.8) is 0 Å². The van der Waals surface area contributed by atoms with E-state index in [2.05, 4.69) is 16.0 Å². The Morgan fingerprint density at radius 2 is 1.62 bits per heavy atom. The maximum Gasteiger partial charge on any atom is 0.415 e. The first-order valence-corrected chi connectivity index (χ1v) is 12.0. The summed E-state index contributed by atoms with van der Waals surface area (Å²) in [7, 11) is 0. The van der Waals surface area contributed by atoms with Crippen molar-refractivity contribution in [2.45, 2.75) is 39.5 Å². The Labute approximate surface area is 200 Å². The fraction of sp³-hybridized carbons (Fsp3) is 0.500. The highest BCUT2D eigenvalue weighted by Crippen LogP contribution is 2.31. The fourth-order valence-corrected chi connectivity index (χ4v) is 4.55. The number of aromatic amines is 1. The summed E-state index contributed by atoms with van der Waals surface area (Å²) >= 11 is 0. The van der Waals surface area contributed by atoms with Crippen LogP contribution in [-0.2, 0) is 22.4 Å². The summed E-state index contributed by atoms with van der Waals surface area (Å²) in [5.74, 6) is 0.294. The first-order valence-electron chi connectivity index (χ1n) is 12.0. The Kier molecular flexibility index (Phi) is 7.36. The van der Waals surface area contributed by atoms with E-state index < -0.39 is 0 Å². The van der Waals surface area contributed by atoms with Gasteiger partial charge in [0.2, 0.25) is 11.8 Å². The van der Waals surface area contributed by atoms with E-state index in [-0.39, 0.29) is 23.3 Å². The molecular formula is C26H34N4O4. The highest BCUT2D eigenvalue weighted by Gasteiger charge is 2.36. The molecule has 0 aliphatic carbocycles. The van der Waals surface area contributed by atoms with Crippen LogP contribution < -0.4 is 4.74 Å². The molecule has 182 valence electrons. The van der Waals surface area contributed by atoms with E-state index in [1.165, 1.54) is 10.6 Å². The predicted molar refractivity (Wildman–Crippen MR) is 128 cm³/mol. The summed E-state index contributed by atoms with van der Waals surface area (Å²) in [6, 6.07) is 11.4. The number of rotatable bonds is 7. The second kappa shape index (κ2) is 10.4. The van der Waals surface area contributed by atoms with Crippen molar-refractivity contribution in [2.24, 2.45) is 5.41 Å². The summed E-state index contributed by atoms with van der Waals surface area (Å²) in [5, 5.41) is 0. The zero-order chi connectivity index (χ0) is 24.1. The Bertz CT molecular complexity index is 972. The van der Waals surface area contributed by atoms with Gasteiger partial charge in [0.05, 0.1) is 0 Å². The fourth-order valence-electron chi connectivity index (χ4n) is 4.55. The van der Waals surface area contributed by atoms with Crippen molar-refractivity contribution in [3.8, 4) is 5.75 Å². The number of imide groups is 1. The number of piperidine rings is 1. The van der Waals surface area contributed by atoms with Crippen LogP contribution in [0.1, 0.15) is 37.9 Å². The van der Waals surface area contributed by atoms with Crippen molar-refractivity contribution < 1.29 is 19.1 Å². The zero-order valence-electron chi connectivity index (χ0n) is 20.1. The third kappa shape index (κ3) is 6.26. The summed E-state index contributed by atoms with van der Waals surface area (Å²) in [6.45, 7) is 8.21.